The van der Waals surface area contributed by atoms with Crippen LogP contribution in [-0.2, 0) is 25.9 Å². The predicted octanol–water partition coefficient (Wildman–Crippen LogP) is 3.45. The summed E-state index contributed by atoms with van der Waals surface area (Å²) in [5, 5.41) is 26.1. The van der Waals surface area contributed by atoms with E-state index in [2.05, 4.69) is 10.5 Å². The summed E-state index contributed by atoms with van der Waals surface area (Å²) in [6.07, 6.45) is 1.40. The van der Waals surface area contributed by atoms with Crippen molar-refractivity contribution in [2.45, 2.75) is 25.9 Å². The summed E-state index contributed by atoms with van der Waals surface area (Å²) in [5.41, 5.74) is 4.75. The zero-order chi connectivity index (χ0) is 25.1. The van der Waals surface area contributed by atoms with Crippen LogP contribution in [0.5, 0.6) is 0 Å². The summed E-state index contributed by atoms with van der Waals surface area (Å²) in [6, 6.07) is 22.8. The minimum Gasteiger partial charge on any atom is -0.486 e. The van der Waals surface area contributed by atoms with Gasteiger partial charge in [-0.1, -0.05) is 53.5 Å². The van der Waals surface area contributed by atoms with Crippen molar-refractivity contribution in [3.8, 4) is 22.5 Å². The van der Waals surface area contributed by atoms with E-state index in [1.165, 1.54) is 0 Å². The topological polar surface area (TPSA) is 110 Å². The Morgan fingerprint density at radius 1 is 0.639 bits per heavy atom. The molecule has 5 rings (SSSR count). The van der Waals surface area contributed by atoms with Gasteiger partial charge < -0.3 is 9.05 Å². The number of nitrogens with zero attached hydrogens (tertiary/aromatic N) is 4. The molecule has 36 heavy (non-hydrogen) atoms. The number of hydrogen-bond acceptors (Lipinski definition) is 4. The molecule has 5 aromatic rings. The van der Waals surface area contributed by atoms with Crippen LogP contribution < -0.4 is 31.0 Å². The van der Waals surface area contributed by atoms with Gasteiger partial charge in [0.15, 0.2) is 0 Å². The Labute approximate surface area is 216 Å². The first-order valence-electron chi connectivity index (χ1n) is 11.3. The highest BCUT2D eigenvalue weighted by Crippen LogP contribution is 2.20. The van der Waals surface area contributed by atoms with Crippen LogP contribution in [0.4, 0.5) is 0 Å². The zero-order valence-electron chi connectivity index (χ0n) is 19.1. The van der Waals surface area contributed by atoms with Crippen LogP contribution in [0.3, 0.4) is 0 Å². The Balaban J connectivity index is 1.41. The fourth-order valence-electron chi connectivity index (χ4n) is 4.03. The van der Waals surface area contributed by atoms with E-state index < -0.39 is 0 Å². The van der Waals surface area contributed by atoms with E-state index in [-0.39, 0.29) is 11.1 Å². The maximum atomic E-state index is 8.30. The van der Waals surface area contributed by atoms with E-state index in [4.69, 9.17) is 43.1 Å². The van der Waals surface area contributed by atoms with Gasteiger partial charge >= 0.3 is 0 Å². The molecule has 10 heteroatoms. The van der Waals surface area contributed by atoms with E-state index in [0.29, 0.717) is 47.4 Å². The quantitative estimate of drug-likeness (QED) is 0.305. The third kappa shape index (κ3) is 5.19. The molecule has 0 bridgehead atoms. The molecule has 182 valence electrons. The van der Waals surface area contributed by atoms with Crippen LogP contribution in [0.2, 0.25) is 10.0 Å². The van der Waals surface area contributed by atoms with Crippen molar-refractivity contribution < 1.29 is 18.4 Å². The van der Waals surface area contributed by atoms with Gasteiger partial charge in [-0.2, -0.15) is 0 Å². The highest BCUT2D eigenvalue weighted by Gasteiger charge is 2.20. The number of nitrogens with one attached hydrogen (secondary N) is 2. The smallest absolute Gasteiger partial charge is 0.273 e. The summed E-state index contributed by atoms with van der Waals surface area (Å²) in [5.74, 6) is 0. The SMILES string of the molecule is N=c1o[n-][n+](CCc2ccc(Cl)cc2)c1-c1cccc(-c2c(=N)o[n-][n+]2CCc2ccc(Cl)cc2)c1. The number of benzene rings is 3. The molecule has 0 amide bonds. The van der Waals surface area contributed by atoms with Gasteiger partial charge in [0.1, 0.15) is 13.1 Å². The number of aromatic nitrogens is 4. The molecular formula is C26H22Cl2N6O2. The number of halogens is 2. The molecule has 0 aliphatic heterocycles. The fourth-order valence-corrected chi connectivity index (χ4v) is 4.29. The molecule has 0 saturated heterocycles. The van der Waals surface area contributed by atoms with Gasteiger partial charge in [0.2, 0.25) is 0 Å². The molecule has 0 radical (unpaired) electrons. The second kappa shape index (κ2) is 10.4. The van der Waals surface area contributed by atoms with Crippen molar-refractivity contribution in [3.05, 3.63) is 105 Å². The molecule has 0 spiro atoms. The highest BCUT2D eigenvalue weighted by atomic mass is 35.5. The molecule has 0 aliphatic carbocycles. The molecule has 2 N–H and O–H groups in total. The molecule has 0 atom stereocenters. The van der Waals surface area contributed by atoms with Crippen molar-refractivity contribution in [2.24, 2.45) is 0 Å². The second-order valence-electron chi connectivity index (χ2n) is 8.28. The van der Waals surface area contributed by atoms with E-state index in [0.717, 1.165) is 22.3 Å². The standard InChI is InChI=1S/C26H22Cl2N6O2/c27-21-8-4-17(5-9-21)12-14-33-23(25(29)35-31-33)19-2-1-3-20(16-19)24-26(30)36-32-34(24)15-13-18-6-10-22(28)11-7-18/h1-11,16,29-30H,12-15H2. The molecule has 0 unspecified atom stereocenters. The molecule has 2 heterocycles. The van der Waals surface area contributed by atoms with E-state index >= 15 is 0 Å². The monoisotopic (exact) mass is 520 g/mol. The number of aryl methyl sites for hydroxylation is 4. The van der Waals surface area contributed by atoms with Gasteiger partial charge in [-0.3, -0.25) is 21.4 Å². The van der Waals surface area contributed by atoms with Gasteiger partial charge in [0, 0.05) is 22.9 Å². The molecule has 8 nitrogen and oxygen atoms in total. The number of rotatable bonds is 8. The van der Waals surface area contributed by atoms with Crippen LogP contribution in [0.15, 0.2) is 81.8 Å². The van der Waals surface area contributed by atoms with Gasteiger partial charge in [-0.25, -0.2) is 9.36 Å². The summed E-state index contributed by atoms with van der Waals surface area (Å²) in [6.45, 7) is 1.06. The Morgan fingerprint density at radius 2 is 1.06 bits per heavy atom. The van der Waals surface area contributed by atoms with Crippen LogP contribution in [0, 0.1) is 10.8 Å². The van der Waals surface area contributed by atoms with Crippen molar-refractivity contribution in [2.75, 3.05) is 0 Å². The highest BCUT2D eigenvalue weighted by molar-refractivity contribution is 6.30. The maximum absolute atomic E-state index is 8.30. The zero-order valence-corrected chi connectivity index (χ0v) is 20.6. The average Bonchev–Trinajstić information content (AvgIpc) is 3.45. The van der Waals surface area contributed by atoms with Crippen LogP contribution in [0.25, 0.3) is 22.5 Å². The van der Waals surface area contributed by atoms with Gasteiger partial charge in [-0.15, -0.1) is 0 Å². The van der Waals surface area contributed by atoms with Crippen LogP contribution in [0.1, 0.15) is 11.1 Å². The molecule has 3 aromatic carbocycles. The summed E-state index contributed by atoms with van der Waals surface area (Å²) >= 11 is 12.0. The lowest BCUT2D eigenvalue weighted by Gasteiger charge is -2.06. The second-order valence-corrected chi connectivity index (χ2v) is 9.15. The largest absolute Gasteiger partial charge is 0.486 e. The third-order valence-electron chi connectivity index (χ3n) is 5.87. The number of hydrogen-bond donors (Lipinski definition) is 2. The lowest BCUT2D eigenvalue weighted by atomic mass is 10.1. The van der Waals surface area contributed by atoms with Crippen molar-refractivity contribution in [1.29, 1.82) is 10.8 Å². The Kier molecular flexibility index (Phi) is 6.88. The van der Waals surface area contributed by atoms with Crippen LogP contribution in [-0.4, -0.2) is 0 Å². The normalized spacial score (nSPS) is 11.2. The Hall–Kier alpha value is -3.88. The molecule has 0 aliphatic rings. The molecule has 0 saturated carbocycles. The predicted molar refractivity (Wildman–Crippen MR) is 131 cm³/mol. The fraction of sp³-hybridized carbons (Fsp3) is 0.154. The van der Waals surface area contributed by atoms with Gasteiger partial charge in [0.05, 0.1) is 11.1 Å². The summed E-state index contributed by atoms with van der Waals surface area (Å²) in [4.78, 5) is 0. The van der Waals surface area contributed by atoms with Crippen molar-refractivity contribution in [1.82, 2.24) is 10.5 Å². The van der Waals surface area contributed by atoms with Crippen molar-refractivity contribution in [3.63, 3.8) is 0 Å². The average molecular weight is 521 g/mol. The maximum Gasteiger partial charge on any atom is 0.273 e. The summed E-state index contributed by atoms with van der Waals surface area (Å²) < 4.78 is 13.8. The first-order valence-corrected chi connectivity index (χ1v) is 12.1. The Bertz CT molecular complexity index is 1480. The lowest BCUT2D eigenvalue weighted by Crippen LogP contribution is -2.42. The van der Waals surface area contributed by atoms with Crippen molar-refractivity contribution >= 4 is 23.2 Å². The first-order chi connectivity index (χ1) is 17.5. The summed E-state index contributed by atoms with van der Waals surface area (Å²) in [7, 11) is 0. The third-order valence-corrected chi connectivity index (χ3v) is 6.37. The van der Waals surface area contributed by atoms with Crippen LogP contribution >= 0.6 is 23.2 Å². The molecule has 2 aromatic heterocycles. The lowest BCUT2D eigenvalue weighted by molar-refractivity contribution is -0.757. The minimum atomic E-state index is -0.0321. The molecular weight excluding hydrogens is 499 g/mol. The minimum absolute atomic E-state index is 0.0321. The van der Waals surface area contributed by atoms with E-state index in [1.807, 2.05) is 72.8 Å². The Morgan fingerprint density at radius 3 is 1.47 bits per heavy atom. The van der Waals surface area contributed by atoms with Gasteiger partial charge in [0.25, 0.3) is 22.5 Å². The first kappa shape index (κ1) is 23.8. The van der Waals surface area contributed by atoms with Gasteiger partial charge in [-0.05, 0) is 53.6 Å². The van der Waals surface area contributed by atoms with E-state index in [9.17, 15) is 0 Å². The molecule has 0 fully saturated rings. The van der Waals surface area contributed by atoms with E-state index in [1.54, 1.807) is 9.36 Å².